The van der Waals surface area contributed by atoms with E-state index in [0.717, 1.165) is 19.4 Å². The molecule has 3 aromatic rings. The second kappa shape index (κ2) is 6.18. The van der Waals surface area contributed by atoms with Crippen molar-refractivity contribution in [2.75, 3.05) is 24.5 Å². The molecule has 2 fully saturated rings. The van der Waals surface area contributed by atoms with Crippen LogP contribution in [0, 0.1) is 5.41 Å². The van der Waals surface area contributed by atoms with E-state index in [1.165, 1.54) is 16.8 Å². The highest BCUT2D eigenvalue weighted by molar-refractivity contribution is 5.86. The van der Waals surface area contributed by atoms with Gasteiger partial charge in [-0.3, -0.25) is 9.20 Å². The number of nitrogens with one attached hydrogen (secondary N) is 1. The molecule has 1 unspecified atom stereocenters. The van der Waals surface area contributed by atoms with Gasteiger partial charge < -0.3 is 10.2 Å². The Bertz CT molecular complexity index is 1070. The summed E-state index contributed by atoms with van der Waals surface area (Å²) in [4.78, 5) is 31.1. The maximum atomic E-state index is 13.0. The van der Waals surface area contributed by atoms with Gasteiger partial charge in [0.05, 0.1) is 17.8 Å². The van der Waals surface area contributed by atoms with E-state index < -0.39 is 6.43 Å². The van der Waals surface area contributed by atoms with E-state index in [4.69, 9.17) is 0 Å². The monoisotopic (exact) mass is 385 g/mol. The van der Waals surface area contributed by atoms with Crippen molar-refractivity contribution in [2.45, 2.75) is 19.3 Å². The first kappa shape index (κ1) is 17.0. The highest BCUT2D eigenvalue weighted by Crippen LogP contribution is 2.38. The summed E-state index contributed by atoms with van der Waals surface area (Å²) in [6.45, 7) is 2.06. The van der Waals surface area contributed by atoms with Crippen LogP contribution in [0.2, 0.25) is 0 Å². The van der Waals surface area contributed by atoms with Crippen LogP contribution in [0.15, 0.2) is 30.9 Å². The number of anilines is 1. The Morgan fingerprint density at radius 2 is 2.07 bits per heavy atom. The number of amides is 1. The minimum atomic E-state index is -2.68. The van der Waals surface area contributed by atoms with E-state index >= 15 is 0 Å². The normalized spacial score (nSPS) is 22.0. The van der Waals surface area contributed by atoms with Gasteiger partial charge in [-0.2, -0.15) is 0 Å². The summed E-state index contributed by atoms with van der Waals surface area (Å²) >= 11 is 0. The summed E-state index contributed by atoms with van der Waals surface area (Å²) < 4.78 is 27.5. The molecule has 2 aliphatic heterocycles. The summed E-state index contributed by atoms with van der Waals surface area (Å²) in [6, 6.07) is 1.80. The number of carbonyl (C=O) groups is 1. The Kier molecular flexibility index (Phi) is 3.74. The number of fused-ring (bicyclic) bond motifs is 1. The first-order chi connectivity index (χ1) is 13.6. The number of hydrogen-bond donors (Lipinski definition) is 1. The Morgan fingerprint density at radius 1 is 1.18 bits per heavy atom. The number of nitrogens with zero attached hydrogens (tertiary/aromatic N) is 6. The van der Waals surface area contributed by atoms with E-state index in [2.05, 4.69) is 30.2 Å². The fourth-order valence-corrected chi connectivity index (χ4v) is 4.00. The van der Waals surface area contributed by atoms with Crippen LogP contribution in [-0.2, 0) is 4.79 Å². The lowest BCUT2D eigenvalue weighted by molar-refractivity contribution is -0.126. The van der Waals surface area contributed by atoms with Gasteiger partial charge in [0.25, 0.3) is 6.43 Å². The van der Waals surface area contributed by atoms with Crippen LogP contribution in [0.3, 0.4) is 0 Å². The van der Waals surface area contributed by atoms with Crippen molar-refractivity contribution in [1.82, 2.24) is 29.7 Å². The van der Waals surface area contributed by atoms with Crippen molar-refractivity contribution < 1.29 is 13.6 Å². The summed E-state index contributed by atoms with van der Waals surface area (Å²) in [5, 5.41) is 2.92. The summed E-state index contributed by atoms with van der Waals surface area (Å²) in [7, 11) is 0. The van der Waals surface area contributed by atoms with E-state index in [1.807, 2.05) is 0 Å². The quantitative estimate of drug-likeness (QED) is 0.740. The number of carbonyl (C=O) groups excluding carboxylic acids is 1. The zero-order valence-corrected chi connectivity index (χ0v) is 14.8. The molecular formula is C18H17F2N7O. The Labute approximate surface area is 158 Å². The molecule has 1 N–H and O–H groups in total. The molecule has 0 bridgehead atoms. The molecule has 8 nitrogen and oxygen atoms in total. The molecule has 2 aliphatic rings. The molecule has 0 radical (unpaired) electrons. The molecule has 0 aromatic carbocycles. The first-order valence-corrected chi connectivity index (χ1v) is 9.04. The van der Waals surface area contributed by atoms with E-state index in [0.29, 0.717) is 36.1 Å². The van der Waals surface area contributed by atoms with Gasteiger partial charge in [0.2, 0.25) is 5.91 Å². The Balaban J connectivity index is 1.49. The van der Waals surface area contributed by atoms with Crippen LogP contribution in [0.25, 0.3) is 17.2 Å². The van der Waals surface area contributed by atoms with Crippen LogP contribution >= 0.6 is 0 Å². The number of halogens is 2. The topological polar surface area (TPSA) is 88.3 Å². The highest BCUT2D eigenvalue weighted by Gasteiger charge is 2.47. The van der Waals surface area contributed by atoms with Crippen molar-refractivity contribution in [1.29, 1.82) is 0 Å². The molecule has 2 saturated heterocycles. The third-order valence-electron chi connectivity index (χ3n) is 5.56. The van der Waals surface area contributed by atoms with Crippen LogP contribution in [0.4, 0.5) is 14.6 Å². The SMILES string of the molecule is O=C1NCCC12CCN(c1ccnc(-c3cnc4cnc(C(F)F)cn34)n1)C2. The third kappa shape index (κ3) is 2.59. The van der Waals surface area contributed by atoms with Gasteiger partial charge in [0.15, 0.2) is 11.5 Å². The number of rotatable bonds is 3. The van der Waals surface area contributed by atoms with Crippen LogP contribution < -0.4 is 10.2 Å². The first-order valence-electron chi connectivity index (χ1n) is 9.04. The Hall–Kier alpha value is -3.17. The molecule has 1 atom stereocenters. The lowest BCUT2D eigenvalue weighted by Crippen LogP contribution is -2.34. The minimum Gasteiger partial charge on any atom is -0.356 e. The molecule has 1 spiro atoms. The third-order valence-corrected chi connectivity index (χ3v) is 5.56. The van der Waals surface area contributed by atoms with Crippen LogP contribution in [0.1, 0.15) is 25.0 Å². The number of aromatic nitrogens is 5. The van der Waals surface area contributed by atoms with Gasteiger partial charge in [-0.1, -0.05) is 0 Å². The van der Waals surface area contributed by atoms with Gasteiger partial charge >= 0.3 is 0 Å². The van der Waals surface area contributed by atoms with Gasteiger partial charge in [-0.15, -0.1) is 0 Å². The van der Waals surface area contributed by atoms with Crippen molar-refractivity contribution in [2.24, 2.45) is 5.41 Å². The molecular weight excluding hydrogens is 368 g/mol. The largest absolute Gasteiger partial charge is 0.356 e. The maximum absolute atomic E-state index is 13.0. The Morgan fingerprint density at radius 3 is 2.86 bits per heavy atom. The molecule has 0 aliphatic carbocycles. The van der Waals surface area contributed by atoms with Crippen molar-refractivity contribution in [3.05, 3.63) is 36.5 Å². The lowest BCUT2D eigenvalue weighted by atomic mass is 9.86. The zero-order chi connectivity index (χ0) is 19.3. The molecule has 1 amide bonds. The molecule has 28 heavy (non-hydrogen) atoms. The summed E-state index contributed by atoms with van der Waals surface area (Å²) in [5.41, 5.74) is 0.271. The van der Waals surface area contributed by atoms with Crippen LogP contribution in [0.5, 0.6) is 0 Å². The minimum absolute atomic E-state index is 0.109. The standard InChI is InChI=1S/C18H17F2N7O/c19-15(20)11-9-27-12(7-24-14(27)8-23-11)16-21-4-1-13(25-16)26-6-3-18(10-26)2-5-22-17(18)28/h1,4,7-9,15H,2-3,5-6,10H2,(H,22,28). The van der Waals surface area contributed by atoms with Crippen molar-refractivity contribution in [3.63, 3.8) is 0 Å². The van der Waals surface area contributed by atoms with Crippen LogP contribution in [-0.4, -0.2) is 49.9 Å². The average molecular weight is 385 g/mol. The fraction of sp³-hybridized carbons (Fsp3) is 0.389. The van der Waals surface area contributed by atoms with E-state index in [-0.39, 0.29) is 17.0 Å². The smallest absolute Gasteiger partial charge is 0.281 e. The van der Waals surface area contributed by atoms with E-state index in [9.17, 15) is 13.6 Å². The van der Waals surface area contributed by atoms with E-state index in [1.54, 1.807) is 18.5 Å². The predicted octanol–water partition coefficient (Wildman–Crippen LogP) is 1.84. The number of imidazole rings is 1. The molecule has 5 heterocycles. The van der Waals surface area contributed by atoms with Crippen molar-refractivity contribution in [3.8, 4) is 11.5 Å². The molecule has 5 rings (SSSR count). The van der Waals surface area contributed by atoms with Gasteiger partial charge in [-0.25, -0.2) is 28.7 Å². The molecule has 3 aromatic heterocycles. The molecule has 0 saturated carbocycles. The molecule has 10 heteroatoms. The molecule has 144 valence electrons. The summed E-state index contributed by atoms with van der Waals surface area (Å²) in [5.74, 6) is 1.20. The highest BCUT2D eigenvalue weighted by atomic mass is 19.3. The zero-order valence-electron chi connectivity index (χ0n) is 14.8. The summed E-state index contributed by atoms with van der Waals surface area (Å²) in [6.07, 6.45) is 4.68. The maximum Gasteiger partial charge on any atom is 0.281 e. The lowest BCUT2D eigenvalue weighted by Gasteiger charge is -2.21. The second-order valence-corrected chi connectivity index (χ2v) is 7.18. The van der Waals surface area contributed by atoms with Crippen molar-refractivity contribution >= 4 is 17.4 Å². The van der Waals surface area contributed by atoms with Gasteiger partial charge in [0, 0.05) is 32.0 Å². The fourth-order valence-electron chi connectivity index (χ4n) is 4.00. The number of alkyl halides is 2. The predicted molar refractivity (Wildman–Crippen MR) is 95.9 cm³/mol. The average Bonchev–Trinajstić information content (AvgIpc) is 3.41. The second-order valence-electron chi connectivity index (χ2n) is 7.18. The van der Waals surface area contributed by atoms with Gasteiger partial charge in [0.1, 0.15) is 17.2 Å². The number of hydrogen-bond acceptors (Lipinski definition) is 6. The van der Waals surface area contributed by atoms with Gasteiger partial charge in [-0.05, 0) is 18.9 Å².